The van der Waals surface area contributed by atoms with Crippen LogP contribution in [0.3, 0.4) is 0 Å². The number of aryl methyl sites for hydroxylation is 8. The number of aromatic nitrogens is 5. The first-order chi connectivity index (χ1) is 69.8. The molecule has 33 nitrogen and oxygen atoms in total. The molecule has 0 saturated heterocycles. The third-order valence-corrected chi connectivity index (χ3v) is 27.8. The number of halogens is 7. The Morgan fingerprint density at radius 1 is 0.320 bits per heavy atom. The second-order valence-electron chi connectivity index (χ2n) is 34.4. The molecule has 7 atom stereocenters. The Bertz CT molecular complexity index is 7410. The van der Waals surface area contributed by atoms with Gasteiger partial charge in [0.05, 0.1) is 155 Å². The van der Waals surface area contributed by atoms with Gasteiger partial charge in [-0.15, -0.1) is 0 Å². The number of carbonyl (C=O) groups excluding carboxylic acids is 5. The highest BCUT2D eigenvalue weighted by Gasteiger charge is 2.31. The van der Waals surface area contributed by atoms with Crippen molar-refractivity contribution >= 4 is 172 Å². The summed E-state index contributed by atoms with van der Waals surface area (Å²) in [5.74, 6) is -8.86. The summed E-state index contributed by atoms with van der Waals surface area (Å²) in [6.45, 7) is 8.72. The van der Waals surface area contributed by atoms with Gasteiger partial charge in [0, 0.05) is 96.0 Å². The van der Waals surface area contributed by atoms with E-state index in [-0.39, 0.29) is 76.7 Å². The van der Waals surface area contributed by atoms with Crippen molar-refractivity contribution in [1.82, 2.24) is 49.4 Å². The lowest BCUT2D eigenvalue weighted by Crippen LogP contribution is -2.32. The van der Waals surface area contributed by atoms with E-state index in [0.29, 0.717) is 126 Å². The SMILES string of the molecule is CCC(C(=O)O)c1ccc([C@@H](CO)NC(=O)c2cc3c(Cl)c(C)ccc3n2C)cc1.COc1cc2c(cc(C(=O)N[C@H](CO)c3ccc(C(=O)O)cc3F)n2C)c(Cl)c1C.COc1ccc2c(cc(C(=O)N[C@H](CO)c3ccc(C(=O)O)cc3C)n2C)c1Cl.COc1ccc2c(cc(C(=O)N[C@H](CO)c3ccc(C(=O)O)cc3F)n2C)c1Cl.Cc1ccc2c(cc(C(=O)N[C@H](CO)c3ccc(C(C)C(=O)O)cc3)n2C)c1Cl. The molecule has 5 heterocycles. The molecule has 0 saturated carbocycles. The molecule has 147 heavy (non-hydrogen) atoms. The van der Waals surface area contributed by atoms with Crippen molar-refractivity contribution in [1.29, 1.82) is 0 Å². The van der Waals surface area contributed by atoms with E-state index in [1.165, 1.54) is 57.7 Å². The van der Waals surface area contributed by atoms with Crippen molar-refractivity contribution in [3.63, 3.8) is 0 Å². The number of carboxylic acids is 5. The maximum Gasteiger partial charge on any atom is 0.335 e. The van der Waals surface area contributed by atoms with Crippen LogP contribution in [0.5, 0.6) is 17.2 Å². The first kappa shape index (κ1) is 112. The van der Waals surface area contributed by atoms with E-state index in [2.05, 4.69) is 26.6 Å². The average Bonchev–Trinajstić information content (AvgIpc) is 1.61. The van der Waals surface area contributed by atoms with Crippen LogP contribution in [0.25, 0.3) is 54.5 Å². The number of aliphatic hydroxyl groups is 5. The number of methoxy groups -OCH3 is 3. The molecule has 0 spiro atoms. The van der Waals surface area contributed by atoms with Crippen LogP contribution in [0.2, 0.25) is 25.1 Å². The van der Waals surface area contributed by atoms with Crippen LogP contribution in [0.1, 0.15) is 207 Å². The molecule has 0 radical (unpaired) electrons. The molecule has 15 rings (SSSR count). The highest BCUT2D eigenvalue weighted by molar-refractivity contribution is 6.39. The maximum atomic E-state index is 14.4. The number of aliphatic carboxylic acids is 2. The highest BCUT2D eigenvalue weighted by atomic mass is 35.5. The molecule has 15 aromatic rings. The number of ether oxygens (including phenoxy) is 3. The Morgan fingerprint density at radius 2 is 0.605 bits per heavy atom. The lowest BCUT2D eigenvalue weighted by atomic mass is 9.94. The van der Waals surface area contributed by atoms with E-state index in [4.69, 9.17) is 92.6 Å². The van der Waals surface area contributed by atoms with E-state index in [1.807, 2.05) is 51.1 Å². The van der Waals surface area contributed by atoms with Crippen LogP contribution < -0.4 is 40.8 Å². The van der Waals surface area contributed by atoms with Crippen molar-refractivity contribution in [2.75, 3.05) is 54.4 Å². The standard InChI is InChI=1S/C23H25ClN2O4.C22H23ClN2O4.C21H20ClFN2O5.C21H21ClN2O5.C20H18ClFN2O5/c1-4-16(23(29)30)14-6-8-15(9-7-14)18(12-27)25-22(28)20-11-17-19(26(20)3)10-5-13(2)21(17)24;1-12-4-9-18-16(20(12)23)10-19(25(18)3)21(27)24-17(11-26)15-7-5-14(6-8-15)13(2)22(28)29;1-10-18(30-3)8-16-13(19(10)22)7-17(25(16)2)20(27)24-15(9-26)12-5-4-11(21(28)29)6-14(12)23;1-11-8-12(21(27)28)4-5-13(11)15(10-25)23-20(26)17-9-14-16(24(17)2)6-7-18(29-3)19(14)22;1-24-15-5-6-17(29-2)18(21)12(15)8-16(24)19(26)23-14(9-25)11-4-3-10(20(27)28)7-13(11)22/h5-11,16,18,27H,4,12H2,1-3H3,(H,25,28)(H,29,30);4-10,13,17,26H,11H2,1-3H3,(H,24,27)(H,28,29);4-8,15,26H,9H2,1-3H3,(H,24,27)(H,28,29);4-9,15,25H,10H2,1-3H3,(H,23,26)(H,27,28);3-8,14,25H,9H2,1-2H3,(H,23,26)(H,27,28)/t16?,18-;13?,17-;2*15-;14-/m11111/s1. The second kappa shape index (κ2) is 48.9. The number of aliphatic hydroxyl groups excluding tert-OH is 5. The average molecular weight is 2120 g/mol. The Kier molecular flexibility index (Phi) is 37.4. The van der Waals surface area contributed by atoms with Gasteiger partial charge in [-0.2, -0.15) is 0 Å². The summed E-state index contributed by atoms with van der Waals surface area (Å²) in [5, 5.41) is 114. The summed E-state index contributed by atoms with van der Waals surface area (Å²) in [6.07, 6.45) is 0.484. The number of nitrogens with zero attached hydrogens (tertiary/aromatic N) is 5. The van der Waals surface area contributed by atoms with Crippen LogP contribution >= 0.6 is 58.0 Å². The van der Waals surface area contributed by atoms with E-state index in [1.54, 1.807) is 188 Å². The third kappa shape index (κ3) is 24.6. The number of aromatic carboxylic acids is 3. The summed E-state index contributed by atoms with van der Waals surface area (Å²) in [6, 6.07) is 45.6. The number of hydrogen-bond acceptors (Lipinski definition) is 18. The van der Waals surface area contributed by atoms with Crippen LogP contribution in [0.15, 0.2) is 188 Å². The molecular formula is C107H107Cl5F2N10O23. The Hall–Kier alpha value is -14.9. The molecule has 5 amide bonds. The van der Waals surface area contributed by atoms with E-state index < -0.39 is 109 Å². The first-order valence-electron chi connectivity index (χ1n) is 45.4. The van der Waals surface area contributed by atoms with Crippen LogP contribution in [-0.4, -0.2) is 188 Å². The lowest BCUT2D eigenvalue weighted by Gasteiger charge is -2.19. The molecule has 10 aromatic carbocycles. The number of benzene rings is 10. The van der Waals surface area contributed by atoms with Crippen molar-refractivity contribution < 1.29 is 122 Å². The lowest BCUT2D eigenvalue weighted by molar-refractivity contribution is -0.139. The van der Waals surface area contributed by atoms with Crippen LogP contribution in [0, 0.1) is 39.3 Å². The van der Waals surface area contributed by atoms with Crippen LogP contribution in [0.4, 0.5) is 8.78 Å². The van der Waals surface area contributed by atoms with Gasteiger partial charge in [-0.1, -0.05) is 144 Å². The molecule has 2 unspecified atom stereocenters. The highest BCUT2D eigenvalue weighted by Crippen LogP contribution is 2.41. The fourth-order valence-corrected chi connectivity index (χ4v) is 18.1. The predicted molar refractivity (Wildman–Crippen MR) is 554 cm³/mol. The quantitative estimate of drug-likeness (QED) is 0.0192. The van der Waals surface area contributed by atoms with E-state index in [0.717, 1.165) is 56.1 Å². The van der Waals surface area contributed by atoms with Gasteiger partial charge in [0.1, 0.15) is 57.4 Å². The fraction of sp³-hybridized carbons (Fsp3) is 0.252. The van der Waals surface area contributed by atoms with E-state index >= 15 is 0 Å². The zero-order chi connectivity index (χ0) is 108. The summed E-state index contributed by atoms with van der Waals surface area (Å²) >= 11 is 31.9. The Morgan fingerprint density at radius 3 is 0.905 bits per heavy atom. The number of amides is 5. The van der Waals surface area contributed by atoms with Crippen molar-refractivity contribution in [2.24, 2.45) is 35.2 Å². The number of carbonyl (C=O) groups is 10. The molecule has 5 aromatic heterocycles. The minimum atomic E-state index is -1.28. The first-order valence-corrected chi connectivity index (χ1v) is 47.3. The smallest absolute Gasteiger partial charge is 0.335 e. The van der Waals surface area contributed by atoms with Gasteiger partial charge in [-0.25, -0.2) is 23.2 Å². The number of nitrogens with one attached hydrogen (secondary N) is 5. The van der Waals surface area contributed by atoms with Gasteiger partial charge in [-0.3, -0.25) is 33.6 Å². The number of carboxylic acid groups (broad SMARTS) is 5. The fourth-order valence-electron chi connectivity index (χ4n) is 16.9. The molecule has 15 N–H and O–H groups in total. The zero-order valence-electron chi connectivity index (χ0n) is 81.8. The van der Waals surface area contributed by atoms with Crippen LogP contribution in [-0.2, 0) is 44.8 Å². The summed E-state index contributed by atoms with van der Waals surface area (Å²) in [4.78, 5) is 120. The molecule has 0 aliphatic carbocycles. The Labute approximate surface area is 865 Å². The van der Waals surface area contributed by atoms with Crippen molar-refractivity contribution in [3.05, 3.63) is 331 Å². The monoisotopic (exact) mass is 2110 g/mol. The molecule has 0 bridgehead atoms. The molecule has 40 heteroatoms. The van der Waals surface area contributed by atoms with Gasteiger partial charge >= 0.3 is 29.8 Å². The summed E-state index contributed by atoms with van der Waals surface area (Å²) in [7, 11) is 13.2. The molecule has 0 aliphatic rings. The van der Waals surface area contributed by atoms with Gasteiger partial charge in [0.25, 0.3) is 29.5 Å². The van der Waals surface area contributed by atoms with Gasteiger partial charge < -0.3 is 115 Å². The number of rotatable bonds is 31. The molecule has 0 fully saturated rings. The normalized spacial score (nSPS) is 12.5. The summed E-state index contributed by atoms with van der Waals surface area (Å²) in [5.41, 5.74) is 11.8. The predicted octanol–water partition coefficient (Wildman–Crippen LogP) is 17.9. The Balaban J connectivity index is 0.000000175. The van der Waals surface area contributed by atoms with Crippen molar-refractivity contribution in [2.45, 2.75) is 90.0 Å². The zero-order valence-corrected chi connectivity index (χ0v) is 85.6. The topological polar surface area (TPSA) is 485 Å². The summed E-state index contributed by atoms with van der Waals surface area (Å²) < 4.78 is 52.9. The number of hydrogen-bond donors (Lipinski definition) is 15. The van der Waals surface area contributed by atoms with E-state index in [9.17, 15) is 87.4 Å². The maximum absolute atomic E-state index is 14.4. The second-order valence-corrected chi connectivity index (χ2v) is 36.3. The number of fused-ring (bicyclic) bond motifs is 5. The minimum Gasteiger partial charge on any atom is -0.496 e. The molecule has 772 valence electrons. The van der Waals surface area contributed by atoms with Crippen molar-refractivity contribution in [3.8, 4) is 17.2 Å². The third-order valence-electron chi connectivity index (χ3n) is 25.5. The largest absolute Gasteiger partial charge is 0.496 e. The van der Waals surface area contributed by atoms with Gasteiger partial charge in [-0.05, 0) is 189 Å². The molecular weight excluding hydrogens is 2010 g/mol. The van der Waals surface area contributed by atoms with Gasteiger partial charge in [0.15, 0.2) is 0 Å². The molecule has 0 aliphatic heterocycles. The minimum absolute atomic E-state index is 0.0230. The van der Waals surface area contributed by atoms with Gasteiger partial charge in [0.2, 0.25) is 0 Å².